The third-order valence-electron chi connectivity index (χ3n) is 5.01. The fourth-order valence-corrected chi connectivity index (χ4v) is 4.35. The van der Waals surface area contributed by atoms with Crippen LogP contribution in [0, 0.1) is 5.92 Å². The van der Waals surface area contributed by atoms with E-state index in [9.17, 15) is 0 Å². The first kappa shape index (κ1) is 10.1. The molecule has 2 nitrogen and oxygen atoms in total. The molecule has 2 heteroatoms. The van der Waals surface area contributed by atoms with Crippen molar-refractivity contribution in [3.05, 3.63) is 0 Å². The molecule has 4 aliphatic heterocycles. The Labute approximate surface area is 93.6 Å². The summed E-state index contributed by atoms with van der Waals surface area (Å²) in [6.07, 6.45) is 7.20. The maximum atomic E-state index is 2.84. The van der Waals surface area contributed by atoms with Gasteiger partial charge in [0.1, 0.15) is 0 Å². The van der Waals surface area contributed by atoms with E-state index in [2.05, 4.69) is 16.7 Å². The fourth-order valence-electron chi connectivity index (χ4n) is 4.35. The van der Waals surface area contributed by atoms with Crippen LogP contribution in [0.2, 0.25) is 0 Å². The molecule has 4 saturated heterocycles. The molecule has 15 heavy (non-hydrogen) atoms. The van der Waals surface area contributed by atoms with E-state index in [4.69, 9.17) is 0 Å². The topological polar surface area (TPSA) is 6.48 Å². The van der Waals surface area contributed by atoms with Gasteiger partial charge in [-0.25, -0.2) is 0 Å². The number of hydrogen-bond acceptors (Lipinski definition) is 2. The van der Waals surface area contributed by atoms with Crippen molar-refractivity contribution in [2.24, 2.45) is 5.92 Å². The minimum atomic E-state index is 0.618. The van der Waals surface area contributed by atoms with Gasteiger partial charge in [-0.1, -0.05) is 6.92 Å². The lowest BCUT2D eigenvalue weighted by Gasteiger charge is -2.55. The Morgan fingerprint density at radius 3 is 2.60 bits per heavy atom. The van der Waals surface area contributed by atoms with Crippen molar-refractivity contribution in [2.45, 2.75) is 44.6 Å². The summed E-state index contributed by atoms with van der Waals surface area (Å²) in [5.74, 6) is 1.02. The van der Waals surface area contributed by atoms with Crippen LogP contribution in [0.15, 0.2) is 0 Å². The second-order valence-electron chi connectivity index (χ2n) is 5.74. The van der Waals surface area contributed by atoms with E-state index in [1.165, 1.54) is 64.8 Å². The van der Waals surface area contributed by atoms with Crippen LogP contribution in [-0.2, 0) is 0 Å². The Bertz CT molecular complexity index is 233. The van der Waals surface area contributed by atoms with E-state index in [0.717, 1.165) is 5.92 Å². The normalized spacial score (nSPS) is 45.4. The summed E-state index contributed by atoms with van der Waals surface area (Å²) < 4.78 is 0. The minimum absolute atomic E-state index is 0.618. The molecule has 4 aliphatic rings. The molecule has 2 bridgehead atoms. The first-order valence-electron chi connectivity index (χ1n) is 6.82. The molecule has 0 radical (unpaired) electrons. The summed E-state index contributed by atoms with van der Waals surface area (Å²) in [4.78, 5) is 5.55. The maximum Gasteiger partial charge on any atom is 0.0365 e. The van der Waals surface area contributed by atoms with Crippen LogP contribution in [-0.4, -0.2) is 48.1 Å². The molecule has 0 aromatic heterocycles. The molecule has 86 valence electrons. The summed E-state index contributed by atoms with van der Waals surface area (Å²) in [6.45, 7) is 9.19. The van der Waals surface area contributed by atoms with Crippen LogP contribution in [0.3, 0.4) is 0 Å². The molecule has 1 atom stereocenters. The van der Waals surface area contributed by atoms with Gasteiger partial charge in [0, 0.05) is 12.1 Å². The predicted octanol–water partition coefficient (Wildman–Crippen LogP) is 1.96. The van der Waals surface area contributed by atoms with Gasteiger partial charge in [-0.15, -0.1) is 0 Å². The van der Waals surface area contributed by atoms with Crippen LogP contribution < -0.4 is 0 Å². The van der Waals surface area contributed by atoms with Crippen molar-refractivity contribution in [2.75, 3.05) is 32.7 Å². The fraction of sp³-hybridized carbons (Fsp3) is 1.00. The first-order valence-corrected chi connectivity index (χ1v) is 6.82. The smallest absolute Gasteiger partial charge is 0.0365 e. The number of rotatable bonds is 2. The van der Waals surface area contributed by atoms with E-state index in [0.29, 0.717) is 5.54 Å². The van der Waals surface area contributed by atoms with Gasteiger partial charge in [0.25, 0.3) is 0 Å². The van der Waals surface area contributed by atoms with Crippen LogP contribution in [0.5, 0.6) is 0 Å². The maximum absolute atomic E-state index is 2.84. The lowest BCUT2D eigenvalue weighted by atomic mass is 9.71. The van der Waals surface area contributed by atoms with Gasteiger partial charge in [-0.2, -0.15) is 0 Å². The minimum Gasteiger partial charge on any atom is -0.301 e. The van der Waals surface area contributed by atoms with Gasteiger partial charge in [0.05, 0.1) is 0 Å². The summed E-state index contributed by atoms with van der Waals surface area (Å²) in [5, 5.41) is 0. The van der Waals surface area contributed by atoms with Crippen molar-refractivity contribution in [1.29, 1.82) is 0 Å². The highest BCUT2D eigenvalue weighted by Gasteiger charge is 2.51. The zero-order valence-corrected chi connectivity index (χ0v) is 10.0. The van der Waals surface area contributed by atoms with E-state index in [1.54, 1.807) is 0 Å². The molecule has 0 amide bonds. The average Bonchev–Trinajstić information content (AvgIpc) is 2.64. The van der Waals surface area contributed by atoms with Crippen molar-refractivity contribution in [3.63, 3.8) is 0 Å². The predicted molar refractivity (Wildman–Crippen MR) is 63.0 cm³/mol. The third kappa shape index (κ3) is 1.45. The van der Waals surface area contributed by atoms with Crippen LogP contribution in [0.25, 0.3) is 0 Å². The second kappa shape index (κ2) is 3.74. The molecule has 0 aliphatic carbocycles. The quantitative estimate of drug-likeness (QED) is 0.684. The number of hydrogen-bond donors (Lipinski definition) is 0. The Kier molecular flexibility index (Phi) is 2.52. The van der Waals surface area contributed by atoms with Crippen LogP contribution >= 0.6 is 0 Å². The van der Waals surface area contributed by atoms with Crippen LogP contribution in [0.4, 0.5) is 0 Å². The SMILES string of the molecule is CCCN1CCCC12CN1CCC2CC1. The second-order valence-corrected chi connectivity index (χ2v) is 5.74. The molecule has 4 fully saturated rings. The number of piperidine rings is 3. The van der Waals surface area contributed by atoms with E-state index >= 15 is 0 Å². The number of nitrogens with zero attached hydrogens (tertiary/aromatic N) is 2. The Hall–Kier alpha value is -0.0800. The molecule has 0 N–H and O–H groups in total. The van der Waals surface area contributed by atoms with Gasteiger partial charge in [0.2, 0.25) is 0 Å². The highest BCUT2D eigenvalue weighted by molar-refractivity contribution is 5.07. The Morgan fingerprint density at radius 2 is 2.00 bits per heavy atom. The molecule has 0 aromatic rings. The van der Waals surface area contributed by atoms with Gasteiger partial charge in [-0.05, 0) is 64.2 Å². The van der Waals surface area contributed by atoms with Crippen LogP contribution in [0.1, 0.15) is 39.0 Å². The van der Waals surface area contributed by atoms with E-state index < -0.39 is 0 Å². The molecule has 1 spiro atoms. The molecule has 0 saturated carbocycles. The summed E-state index contributed by atoms with van der Waals surface area (Å²) >= 11 is 0. The molecule has 4 heterocycles. The van der Waals surface area contributed by atoms with E-state index in [1.807, 2.05) is 0 Å². The molecule has 4 rings (SSSR count). The van der Waals surface area contributed by atoms with Crippen molar-refractivity contribution >= 4 is 0 Å². The average molecular weight is 208 g/mol. The third-order valence-corrected chi connectivity index (χ3v) is 5.01. The molecular formula is C13H24N2. The Morgan fingerprint density at radius 1 is 1.20 bits per heavy atom. The van der Waals surface area contributed by atoms with Gasteiger partial charge in [-0.3, -0.25) is 4.90 Å². The van der Waals surface area contributed by atoms with Gasteiger partial charge in [0.15, 0.2) is 0 Å². The summed E-state index contributed by atoms with van der Waals surface area (Å²) in [5.41, 5.74) is 0.618. The highest BCUT2D eigenvalue weighted by Crippen LogP contribution is 2.45. The van der Waals surface area contributed by atoms with Crippen molar-refractivity contribution < 1.29 is 0 Å². The highest BCUT2D eigenvalue weighted by atomic mass is 15.3. The lowest BCUT2D eigenvalue weighted by molar-refractivity contribution is -0.0506. The first-order chi connectivity index (χ1) is 7.35. The monoisotopic (exact) mass is 208 g/mol. The molecule has 0 aromatic carbocycles. The molecule has 1 unspecified atom stereocenters. The van der Waals surface area contributed by atoms with Gasteiger partial charge < -0.3 is 4.90 Å². The summed E-state index contributed by atoms with van der Waals surface area (Å²) in [7, 11) is 0. The van der Waals surface area contributed by atoms with Gasteiger partial charge >= 0.3 is 0 Å². The standard InChI is InChI=1S/C13H24N2/c1-2-7-15-8-3-6-13(15)11-14-9-4-12(13)5-10-14/h12H,2-11H2,1H3. The Balaban J connectivity index is 1.82. The number of likely N-dealkylation sites (tertiary alicyclic amines) is 1. The molecular weight excluding hydrogens is 184 g/mol. The lowest BCUT2D eigenvalue weighted by Crippen LogP contribution is -2.64. The summed E-state index contributed by atoms with van der Waals surface area (Å²) in [6, 6.07) is 0. The zero-order chi connectivity index (χ0) is 10.3. The van der Waals surface area contributed by atoms with E-state index in [-0.39, 0.29) is 0 Å². The van der Waals surface area contributed by atoms with Crippen molar-refractivity contribution in [1.82, 2.24) is 9.80 Å². The van der Waals surface area contributed by atoms with Crippen molar-refractivity contribution in [3.8, 4) is 0 Å². The largest absolute Gasteiger partial charge is 0.301 e. The zero-order valence-electron chi connectivity index (χ0n) is 10.0. The number of fused-ring (bicyclic) bond motifs is 2.